The highest BCUT2D eigenvalue weighted by atomic mass is 16.5. The van der Waals surface area contributed by atoms with Crippen LogP contribution >= 0.6 is 0 Å². The van der Waals surface area contributed by atoms with Crippen molar-refractivity contribution in [1.29, 1.82) is 0 Å². The van der Waals surface area contributed by atoms with Gasteiger partial charge in [-0.15, -0.1) is 0 Å². The van der Waals surface area contributed by atoms with E-state index in [1.165, 1.54) is 0 Å². The normalized spacial score (nSPS) is 11.9. The van der Waals surface area contributed by atoms with Gasteiger partial charge in [0, 0.05) is 17.8 Å². The average Bonchev–Trinajstić information content (AvgIpc) is 2.47. The minimum Gasteiger partial charge on any atom is -0.497 e. The number of aromatic nitrogens is 1. The monoisotopic (exact) mass is 258 g/mol. The summed E-state index contributed by atoms with van der Waals surface area (Å²) in [5.41, 5.74) is 8.34. The van der Waals surface area contributed by atoms with Crippen LogP contribution < -0.4 is 15.2 Å². The second kappa shape index (κ2) is 6.20. The minimum atomic E-state index is -0.134. The van der Waals surface area contributed by atoms with Crippen LogP contribution in [0.1, 0.15) is 17.2 Å². The zero-order valence-electron chi connectivity index (χ0n) is 11.2. The van der Waals surface area contributed by atoms with Gasteiger partial charge in [-0.1, -0.05) is 12.1 Å². The average molecular weight is 258 g/mol. The Morgan fingerprint density at radius 3 is 2.79 bits per heavy atom. The van der Waals surface area contributed by atoms with E-state index in [-0.39, 0.29) is 6.04 Å². The Kier molecular flexibility index (Phi) is 4.36. The molecule has 1 aromatic carbocycles. The molecule has 19 heavy (non-hydrogen) atoms. The number of rotatable bonds is 5. The Morgan fingerprint density at radius 2 is 2.05 bits per heavy atom. The molecule has 0 aliphatic rings. The lowest BCUT2D eigenvalue weighted by molar-refractivity contribution is 0.403. The summed E-state index contributed by atoms with van der Waals surface area (Å²) in [6, 6.07) is 9.67. The van der Waals surface area contributed by atoms with Crippen molar-refractivity contribution < 1.29 is 9.47 Å². The molecule has 1 atom stereocenters. The molecule has 0 saturated carbocycles. The molecule has 0 spiro atoms. The lowest BCUT2D eigenvalue weighted by Gasteiger charge is -2.15. The summed E-state index contributed by atoms with van der Waals surface area (Å²) in [4.78, 5) is 4.03. The molecule has 1 aromatic heterocycles. The van der Waals surface area contributed by atoms with Gasteiger partial charge in [-0.05, 0) is 30.2 Å². The fraction of sp³-hybridized carbons (Fsp3) is 0.267. The highest BCUT2D eigenvalue weighted by Crippen LogP contribution is 2.25. The summed E-state index contributed by atoms with van der Waals surface area (Å²) in [5, 5.41) is 0. The second-order valence-electron chi connectivity index (χ2n) is 4.28. The maximum absolute atomic E-state index is 6.25. The first kappa shape index (κ1) is 13.4. The van der Waals surface area contributed by atoms with Gasteiger partial charge in [0.25, 0.3) is 0 Å². The van der Waals surface area contributed by atoms with Gasteiger partial charge in [0.15, 0.2) is 0 Å². The Bertz CT molecular complexity index is 543. The van der Waals surface area contributed by atoms with Gasteiger partial charge in [0.1, 0.15) is 11.5 Å². The summed E-state index contributed by atoms with van der Waals surface area (Å²) >= 11 is 0. The molecule has 1 unspecified atom stereocenters. The maximum atomic E-state index is 6.25. The molecule has 4 nitrogen and oxygen atoms in total. The topological polar surface area (TPSA) is 57.4 Å². The Labute approximate surface area is 113 Å². The highest BCUT2D eigenvalue weighted by Gasteiger charge is 2.12. The van der Waals surface area contributed by atoms with Crippen molar-refractivity contribution in [2.24, 2.45) is 5.73 Å². The van der Waals surface area contributed by atoms with Crippen LogP contribution in [0.15, 0.2) is 42.7 Å². The minimum absolute atomic E-state index is 0.134. The van der Waals surface area contributed by atoms with Crippen LogP contribution in [-0.2, 0) is 6.42 Å². The number of nitrogens with two attached hydrogens (primary N) is 1. The van der Waals surface area contributed by atoms with Crippen LogP contribution in [0.4, 0.5) is 0 Å². The molecule has 0 bridgehead atoms. The second-order valence-corrected chi connectivity index (χ2v) is 4.28. The molecule has 2 aromatic rings. The third-order valence-electron chi connectivity index (χ3n) is 3.03. The number of nitrogens with zero attached hydrogens (tertiary/aromatic N) is 1. The van der Waals surface area contributed by atoms with E-state index in [1.807, 2.05) is 30.3 Å². The lowest BCUT2D eigenvalue weighted by atomic mass is 10.00. The van der Waals surface area contributed by atoms with Crippen molar-refractivity contribution in [3.8, 4) is 11.5 Å². The molecule has 2 rings (SSSR count). The molecule has 0 aliphatic heterocycles. The summed E-state index contributed by atoms with van der Waals surface area (Å²) in [5.74, 6) is 1.56. The van der Waals surface area contributed by atoms with Gasteiger partial charge in [-0.2, -0.15) is 0 Å². The van der Waals surface area contributed by atoms with Crippen molar-refractivity contribution in [2.45, 2.75) is 12.5 Å². The highest BCUT2D eigenvalue weighted by molar-refractivity contribution is 5.35. The van der Waals surface area contributed by atoms with Crippen LogP contribution in [0, 0.1) is 0 Å². The first-order chi connectivity index (χ1) is 9.24. The van der Waals surface area contributed by atoms with Gasteiger partial charge < -0.3 is 15.2 Å². The van der Waals surface area contributed by atoms with Crippen molar-refractivity contribution in [3.63, 3.8) is 0 Å². The number of hydrogen-bond donors (Lipinski definition) is 1. The van der Waals surface area contributed by atoms with Crippen molar-refractivity contribution in [1.82, 2.24) is 4.98 Å². The first-order valence-electron chi connectivity index (χ1n) is 6.11. The maximum Gasteiger partial charge on any atom is 0.141 e. The molecular formula is C15H18N2O2. The lowest BCUT2D eigenvalue weighted by Crippen LogP contribution is -2.14. The molecular weight excluding hydrogens is 240 g/mol. The number of methoxy groups -OCH3 is 2. The molecule has 0 fully saturated rings. The molecule has 0 aliphatic carbocycles. The van der Waals surface area contributed by atoms with Gasteiger partial charge in [-0.3, -0.25) is 4.98 Å². The molecule has 0 radical (unpaired) electrons. The summed E-state index contributed by atoms with van der Waals surface area (Å²) in [7, 11) is 3.28. The van der Waals surface area contributed by atoms with Gasteiger partial charge in [-0.25, -0.2) is 0 Å². The van der Waals surface area contributed by atoms with E-state index < -0.39 is 0 Å². The predicted molar refractivity (Wildman–Crippen MR) is 74.4 cm³/mol. The van der Waals surface area contributed by atoms with Crippen molar-refractivity contribution >= 4 is 0 Å². The molecule has 1 heterocycles. The van der Waals surface area contributed by atoms with E-state index in [0.717, 1.165) is 29.0 Å². The number of pyridine rings is 1. The molecule has 0 amide bonds. The van der Waals surface area contributed by atoms with E-state index in [0.29, 0.717) is 0 Å². The van der Waals surface area contributed by atoms with Gasteiger partial charge in [0.2, 0.25) is 0 Å². The fourth-order valence-electron chi connectivity index (χ4n) is 2.03. The van der Waals surface area contributed by atoms with Crippen LogP contribution in [-0.4, -0.2) is 19.2 Å². The van der Waals surface area contributed by atoms with Gasteiger partial charge in [0.05, 0.1) is 20.4 Å². The number of benzene rings is 1. The zero-order chi connectivity index (χ0) is 13.7. The molecule has 2 N–H and O–H groups in total. The first-order valence-corrected chi connectivity index (χ1v) is 6.11. The van der Waals surface area contributed by atoms with E-state index in [1.54, 1.807) is 26.6 Å². The van der Waals surface area contributed by atoms with Crippen LogP contribution in [0.3, 0.4) is 0 Å². The largest absolute Gasteiger partial charge is 0.497 e. The van der Waals surface area contributed by atoms with Crippen molar-refractivity contribution in [2.75, 3.05) is 14.2 Å². The van der Waals surface area contributed by atoms with E-state index in [9.17, 15) is 0 Å². The molecule has 0 saturated heterocycles. The Balaban J connectivity index is 2.18. The van der Waals surface area contributed by atoms with Crippen molar-refractivity contribution in [3.05, 3.63) is 53.9 Å². The van der Waals surface area contributed by atoms with E-state index >= 15 is 0 Å². The predicted octanol–water partition coefficient (Wildman–Crippen LogP) is 2.34. The fourth-order valence-corrected chi connectivity index (χ4v) is 2.03. The van der Waals surface area contributed by atoms with Crippen LogP contribution in [0.2, 0.25) is 0 Å². The van der Waals surface area contributed by atoms with E-state index in [2.05, 4.69) is 4.98 Å². The smallest absolute Gasteiger partial charge is 0.141 e. The zero-order valence-corrected chi connectivity index (χ0v) is 11.2. The SMILES string of the molecule is COc1cccc(CC(N)c2ccncc2OC)c1. The van der Waals surface area contributed by atoms with Crippen LogP contribution in [0.25, 0.3) is 0 Å². The summed E-state index contributed by atoms with van der Waals surface area (Å²) < 4.78 is 10.5. The summed E-state index contributed by atoms with van der Waals surface area (Å²) in [6.45, 7) is 0. The van der Waals surface area contributed by atoms with E-state index in [4.69, 9.17) is 15.2 Å². The van der Waals surface area contributed by atoms with Crippen LogP contribution in [0.5, 0.6) is 11.5 Å². The molecule has 4 heteroatoms. The summed E-state index contributed by atoms with van der Waals surface area (Å²) in [6.07, 6.45) is 4.13. The number of hydrogen-bond acceptors (Lipinski definition) is 4. The Hall–Kier alpha value is -2.07. The van der Waals surface area contributed by atoms with Gasteiger partial charge >= 0.3 is 0 Å². The Morgan fingerprint density at radius 1 is 1.21 bits per heavy atom. The third kappa shape index (κ3) is 3.23. The quantitative estimate of drug-likeness (QED) is 0.894. The molecule has 100 valence electrons. The third-order valence-corrected chi connectivity index (χ3v) is 3.03. The standard InChI is InChI=1S/C15H18N2O2/c1-18-12-5-3-4-11(8-12)9-14(16)13-6-7-17-10-15(13)19-2/h3-8,10,14H,9,16H2,1-2H3. The number of ether oxygens (including phenoxy) is 2.